The van der Waals surface area contributed by atoms with Crippen molar-refractivity contribution in [1.82, 2.24) is 0 Å². The highest BCUT2D eigenvalue weighted by Crippen LogP contribution is 2.26. The van der Waals surface area contributed by atoms with Crippen molar-refractivity contribution in [2.24, 2.45) is 11.8 Å². The first-order valence-corrected chi connectivity index (χ1v) is 4.58. The first-order chi connectivity index (χ1) is 5.90. The summed E-state index contributed by atoms with van der Waals surface area (Å²) in [4.78, 5) is 0. The first kappa shape index (κ1) is 12.3. The maximum Gasteiger partial charge on any atom is 0.272 e. The monoisotopic (exact) mass is 188 g/mol. The van der Waals surface area contributed by atoms with Crippen molar-refractivity contribution in [3.05, 3.63) is 24.8 Å². The van der Waals surface area contributed by atoms with E-state index >= 15 is 0 Å². The van der Waals surface area contributed by atoms with Crippen LogP contribution in [0.15, 0.2) is 24.8 Å². The van der Waals surface area contributed by atoms with E-state index in [1.165, 1.54) is 6.92 Å². The lowest BCUT2D eigenvalue weighted by atomic mass is 10.0. The van der Waals surface area contributed by atoms with Gasteiger partial charge in [-0.05, 0) is 18.4 Å². The van der Waals surface area contributed by atoms with Crippen molar-refractivity contribution >= 4 is 0 Å². The van der Waals surface area contributed by atoms with Gasteiger partial charge in [0.05, 0.1) is 0 Å². The molecule has 0 aliphatic heterocycles. The minimum Gasteiger partial charge on any atom is -0.201 e. The van der Waals surface area contributed by atoms with Crippen LogP contribution in [0.5, 0.6) is 0 Å². The summed E-state index contributed by atoms with van der Waals surface area (Å²) < 4.78 is 25.8. The Labute approximate surface area is 79.3 Å². The van der Waals surface area contributed by atoms with Gasteiger partial charge >= 0.3 is 0 Å². The van der Waals surface area contributed by atoms with Gasteiger partial charge in [-0.2, -0.15) is 0 Å². The maximum atomic E-state index is 12.9. The minimum absolute atomic E-state index is 0.515. The van der Waals surface area contributed by atoms with E-state index in [1.54, 1.807) is 6.08 Å². The summed E-state index contributed by atoms with van der Waals surface area (Å²) in [6.45, 7) is 8.72. The average molecular weight is 188 g/mol. The van der Waals surface area contributed by atoms with Gasteiger partial charge in [0.15, 0.2) is 0 Å². The fourth-order valence-corrected chi connectivity index (χ4v) is 0.869. The summed E-state index contributed by atoms with van der Waals surface area (Å²) >= 11 is 0. The Morgan fingerprint density at radius 2 is 1.85 bits per heavy atom. The molecule has 2 heteroatoms. The van der Waals surface area contributed by atoms with Crippen molar-refractivity contribution in [1.29, 1.82) is 0 Å². The molecule has 0 rings (SSSR count). The molecule has 0 spiro atoms. The van der Waals surface area contributed by atoms with E-state index in [4.69, 9.17) is 0 Å². The quantitative estimate of drug-likeness (QED) is 0.571. The highest BCUT2D eigenvalue weighted by Gasteiger charge is 2.30. The minimum atomic E-state index is -2.78. The molecule has 13 heavy (non-hydrogen) atoms. The fourth-order valence-electron chi connectivity index (χ4n) is 0.869. The molecule has 0 saturated carbocycles. The molecule has 0 nitrogen and oxygen atoms in total. The van der Waals surface area contributed by atoms with E-state index in [-0.39, 0.29) is 0 Å². The molecule has 0 bridgehead atoms. The third-order valence-electron chi connectivity index (χ3n) is 1.91. The third-order valence-corrected chi connectivity index (χ3v) is 1.91. The van der Waals surface area contributed by atoms with Crippen LogP contribution in [-0.4, -0.2) is 5.92 Å². The van der Waals surface area contributed by atoms with Crippen molar-refractivity contribution in [3.8, 4) is 0 Å². The second-order valence-electron chi connectivity index (χ2n) is 3.73. The molecule has 0 aromatic heterocycles. The van der Waals surface area contributed by atoms with Crippen LogP contribution in [-0.2, 0) is 0 Å². The second-order valence-corrected chi connectivity index (χ2v) is 3.73. The molecule has 0 fully saturated rings. The number of halogens is 2. The Balaban J connectivity index is 4.06. The van der Waals surface area contributed by atoms with E-state index < -0.39 is 11.8 Å². The molecule has 0 saturated heterocycles. The highest BCUT2D eigenvalue weighted by atomic mass is 19.3. The summed E-state index contributed by atoms with van der Waals surface area (Å²) in [5.74, 6) is -3.03. The predicted octanol–water partition coefficient (Wildman–Crippen LogP) is 4.05. The standard InChI is InChI=1S/C11H18F2/c1-5-11(12,13)10(4)8-6-7-9(2)3/h5-6,8-10H,1,7H2,2-4H3/b8-6+. The maximum absolute atomic E-state index is 12.9. The smallest absolute Gasteiger partial charge is 0.201 e. The number of alkyl halides is 2. The van der Waals surface area contributed by atoms with Crippen molar-refractivity contribution in [2.45, 2.75) is 33.1 Å². The molecule has 1 unspecified atom stereocenters. The summed E-state index contributed by atoms with van der Waals surface area (Å²) in [7, 11) is 0. The van der Waals surface area contributed by atoms with Gasteiger partial charge in [-0.15, -0.1) is 0 Å². The van der Waals surface area contributed by atoms with E-state index in [1.807, 2.05) is 6.08 Å². The zero-order valence-corrected chi connectivity index (χ0v) is 8.56. The fraction of sp³-hybridized carbons (Fsp3) is 0.636. The molecular weight excluding hydrogens is 170 g/mol. The largest absolute Gasteiger partial charge is 0.272 e. The Morgan fingerprint density at radius 3 is 2.23 bits per heavy atom. The third kappa shape index (κ3) is 4.81. The second kappa shape index (κ2) is 5.15. The summed E-state index contributed by atoms with van der Waals surface area (Å²) in [5.41, 5.74) is 0. The van der Waals surface area contributed by atoms with Crippen LogP contribution in [0.3, 0.4) is 0 Å². The Kier molecular flexibility index (Phi) is 4.89. The van der Waals surface area contributed by atoms with E-state index in [9.17, 15) is 8.78 Å². The predicted molar refractivity (Wildman–Crippen MR) is 52.9 cm³/mol. The molecular formula is C11H18F2. The molecule has 0 aliphatic carbocycles. The van der Waals surface area contributed by atoms with Gasteiger partial charge < -0.3 is 0 Å². The topological polar surface area (TPSA) is 0 Å². The molecule has 0 aromatic carbocycles. The lowest BCUT2D eigenvalue weighted by Crippen LogP contribution is -2.20. The van der Waals surface area contributed by atoms with Gasteiger partial charge in [0, 0.05) is 5.92 Å². The average Bonchev–Trinajstić information content (AvgIpc) is 2.03. The Morgan fingerprint density at radius 1 is 1.31 bits per heavy atom. The van der Waals surface area contributed by atoms with Gasteiger partial charge in [0.2, 0.25) is 0 Å². The van der Waals surface area contributed by atoms with Crippen LogP contribution in [0, 0.1) is 11.8 Å². The molecule has 76 valence electrons. The molecule has 0 N–H and O–H groups in total. The number of rotatable bonds is 5. The molecule has 1 atom stereocenters. The Hall–Kier alpha value is -0.660. The van der Waals surface area contributed by atoms with Crippen LogP contribution in [0.1, 0.15) is 27.2 Å². The number of allylic oxidation sites excluding steroid dienone is 3. The van der Waals surface area contributed by atoms with Crippen molar-refractivity contribution in [2.75, 3.05) is 0 Å². The van der Waals surface area contributed by atoms with Crippen LogP contribution < -0.4 is 0 Å². The van der Waals surface area contributed by atoms with E-state index in [2.05, 4.69) is 20.4 Å². The Bertz CT molecular complexity index is 181. The summed E-state index contributed by atoms with van der Waals surface area (Å²) in [6.07, 6.45) is 4.92. The van der Waals surface area contributed by atoms with Gasteiger partial charge in [-0.3, -0.25) is 0 Å². The summed E-state index contributed by atoms with van der Waals surface area (Å²) in [6, 6.07) is 0. The van der Waals surface area contributed by atoms with E-state index in [0.717, 1.165) is 6.42 Å². The zero-order valence-electron chi connectivity index (χ0n) is 8.56. The molecule has 0 amide bonds. The highest BCUT2D eigenvalue weighted by molar-refractivity contribution is 5.00. The van der Waals surface area contributed by atoms with Crippen LogP contribution in [0.2, 0.25) is 0 Å². The number of hydrogen-bond donors (Lipinski definition) is 0. The van der Waals surface area contributed by atoms with Gasteiger partial charge in [0.1, 0.15) is 0 Å². The first-order valence-electron chi connectivity index (χ1n) is 4.58. The molecule has 0 heterocycles. The van der Waals surface area contributed by atoms with E-state index in [0.29, 0.717) is 12.0 Å². The van der Waals surface area contributed by atoms with Crippen LogP contribution in [0.25, 0.3) is 0 Å². The number of hydrogen-bond acceptors (Lipinski definition) is 0. The zero-order chi connectivity index (χ0) is 10.5. The molecule has 0 radical (unpaired) electrons. The van der Waals surface area contributed by atoms with Crippen molar-refractivity contribution in [3.63, 3.8) is 0 Å². The lowest BCUT2D eigenvalue weighted by molar-refractivity contribution is 0.0180. The SMILES string of the molecule is C=CC(F)(F)C(C)/C=C/CC(C)C. The van der Waals surface area contributed by atoms with Crippen LogP contribution >= 0.6 is 0 Å². The van der Waals surface area contributed by atoms with Gasteiger partial charge in [0.25, 0.3) is 5.92 Å². The molecule has 0 aliphatic rings. The van der Waals surface area contributed by atoms with Crippen molar-refractivity contribution < 1.29 is 8.78 Å². The normalized spacial score (nSPS) is 15.2. The van der Waals surface area contributed by atoms with Crippen LogP contribution in [0.4, 0.5) is 8.78 Å². The molecule has 0 aromatic rings. The summed E-state index contributed by atoms with van der Waals surface area (Å²) in [5, 5.41) is 0. The van der Waals surface area contributed by atoms with Gasteiger partial charge in [-0.1, -0.05) is 39.5 Å². The van der Waals surface area contributed by atoms with Gasteiger partial charge in [-0.25, -0.2) is 8.78 Å². The lowest BCUT2D eigenvalue weighted by Gasteiger charge is -2.16.